The van der Waals surface area contributed by atoms with Crippen molar-refractivity contribution < 1.29 is 23.4 Å². The maximum atomic E-state index is 15.0. The van der Waals surface area contributed by atoms with Crippen molar-refractivity contribution in [3.8, 4) is 0 Å². The zero-order valence-electron chi connectivity index (χ0n) is 27.9. The molecule has 1 saturated carbocycles. The van der Waals surface area contributed by atoms with Gasteiger partial charge >= 0.3 is 5.97 Å². The second kappa shape index (κ2) is 23.2. The molecule has 0 aromatic rings. The summed E-state index contributed by atoms with van der Waals surface area (Å²) in [6.45, 7) is 9.59. The van der Waals surface area contributed by atoms with Crippen LogP contribution in [0.25, 0.3) is 0 Å². The van der Waals surface area contributed by atoms with Gasteiger partial charge in [0.2, 0.25) is 0 Å². The van der Waals surface area contributed by atoms with Gasteiger partial charge in [0.1, 0.15) is 12.0 Å². The predicted molar refractivity (Wildman–Crippen MR) is 289 cm³/mol. The first-order valence-electron chi connectivity index (χ1n) is 14.7. The molecule has 28 heteroatoms. The van der Waals surface area contributed by atoms with E-state index < -0.39 is 52.8 Å². The Morgan fingerprint density at radius 2 is 1.45 bits per heavy atom. The molecule has 0 radical (unpaired) electrons. The molecule has 2 fully saturated rings. The standard InChI is InChI=1S/C21H53O5P23/c1-6-7-8-15-21(5)10-14(26-40(42(28)29)48(39-27)44(32)33)16-11(2)13(9-12(20(16,3)4)18(22)17(21)19(23)24-15)25-41(47(38)43(30)31)49(45(34)35)46(36)37/h6,12-15,17,39H,1,7-10,27-38H2,2-5H3/t12?,13-,14+,15-,17?,21+,40?,41?,47?,48?/m0/s1. The number of rotatable bonds is 16. The van der Waals surface area contributed by atoms with Crippen molar-refractivity contribution in [1.29, 1.82) is 0 Å². The Bertz CT molecular complexity index is 1210. The van der Waals surface area contributed by atoms with E-state index in [1.807, 2.05) is 6.08 Å². The number of carbonyl (C=O) groups excluding carboxylic acids is 2. The average Bonchev–Trinajstić information content (AvgIpc) is 3.22. The fourth-order valence-electron chi connectivity index (χ4n) is 6.94. The largest absolute Gasteiger partial charge is 0.461 e. The summed E-state index contributed by atoms with van der Waals surface area (Å²) in [5.74, 6) is -1.52. The molecule has 3 aliphatic rings. The number of ether oxygens (including phenoxy) is 1. The first-order valence-corrected chi connectivity index (χ1v) is 55.1. The smallest absolute Gasteiger partial charge is 0.317 e. The van der Waals surface area contributed by atoms with E-state index >= 15 is 4.79 Å². The van der Waals surface area contributed by atoms with E-state index in [1.165, 1.54) is 11.1 Å². The van der Waals surface area contributed by atoms with Crippen molar-refractivity contribution in [2.75, 3.05) is 0 Å². The third-order valence-corrected chi connectivity index (χ3v) is 127. The monoisotopic (exact) mass is 1100 g/mol. The molecule has 1 aliphatic heterocycles. The number of hydrogen-bond donors (Lipinski definition) is 0. The summed E-state index contributed by atoms with van der Waals surface area (Å²) in [6.07, 6.45) is 3.63. The SMILES string of the molecule is C=CCC[C@@H]1OC(=O)C2C(=O)C3C[C@H](OP(P(P)P(P)P)P(P(P)P)P(P)P)C(C)=C([C@H](OP(P(P)P)P(PP)P(P)P)C[C@@]21C)C3(C)C. The Kier molecular flexibility index (Phi) is 24.5. The molecule has 282 valence electrons. The first-order chi connectivity index (χ1) is 22.7. The summed E-state index contributed by atoms with van der Waals surface area (Å²) in [7, 11) is 36.3. The van der Waals surface area contributed by atoms with Crippen molar-refractivity contribution in [3.63, 3.8) is 0 Å². The van der Waals surface area contributed by atoms with Crippen LogP contribution in [-0.4, -0.2) is 30.1 Å². The van der Waals surface area contributed by atoms with E-state index in [0.717, 1.165) is 14.4 Å². The van der Waals surface area contributed by atoms with Gasteiger partial charge in [-0.15, -0.1) is 105 Å². The first kappa shape index (κ1) is 51.8. The third-order valence-electron chi connectivity index (χ3n) is 9.14. The van der Waals surface area contributed by atoms with Crippen molar-refractivity contribution >= 4 is 198 Å². The van der Waals surface area contributed by atoms with Crippen LogP contribution in [0.4, 0.5) is 0 Å². The highest BCUT2D eigenvalue weighted by atomic mass is 33.2. The predicted octanol–water partition coefficient (Wildman–Crippen LogP) is 16.6. The molecule has 19 unspecified atom stereocenters. The summed E-state index contributed by atoms with van der Waals surface area (Å²) in [5.41, 5.74) is 1.30. The van der Waals surface area contributed by atoms with Gasteiger partial charge in [0.05, 0.1) is 27.3 Å². The molecule has 0 aromatic carbocycles. The molecule has 0 aromatic heterocycles. The highest BCUT2D eigenvalue weighted by molar-refractivity contribution is 9.19. The molecule has 3 rings (SSSR count). The van der Waals surface area contributed by atoms with Crippen LogP contribution in [0.1, 0.15) is 53.4 Å². The molecule has 0 amide bonds. The Hall–Kier alpha value is 8.43. The van der Waals surface area contributed by atoms with Gasteiger partial charge in [-0.1, -0.05) is 43.7 Å². The van der Waals surface area contributed by atoms with Gasteiger partial charge in [-0.25, -0.2) is 0 Å². The molecule has 0 spiro atoms. The number of allylic oxidation sites excluding steroid dienone is 1. The van der Waals surface area contributed by atoms with Gasteiger partial charge in [0.25, 0.3) is 0 Å². The van der Waals surface area contributed by atoms with Crippen molar-refractivity contribution in [2.24, 2.45) is 22.7 Å². The highest BCUT2D eigenvalue weighted by Crippen LogP contribution is 3.18. The Morgan fingerprint density at radius 1 is 0.878 bits per heavy atom. The van der Waals surface area contributed by atoms with Gasteiger partial charge in [-0.05, 0) is 84.1 Å². The highest BCUT2D eigenvalue weighted by Gasteiger charge is 2.64. The number of carbonyl (C=O) groups is 2. The molecular weight excluding hydrogens is 1040 g/mol. The van der Waals surface area contributed by atoms with E-state index in [2.05, 4.69) is 141 Å². The number of cyclic esters (lactones) is 1. The van der Waals surface area contributed by atoms with Gasteiger partial charge in [0.15, 0.2) is 5.78 Å². The topological polar surface area (TPSA) is 61.8 Å². The Balaban J connectivity index is 2.31. The average molecular weight is 1100 g/mol. The minimum absolute atomic E-state index is 0.0298. The van der Waals surface area contributed by atoms with Crippen LogP contribution in [-0.2, 0) is 23.4 Å². The fraction of sp³-hybridized carbons (Fsp3) is 0.714. The van der Waals surface area contributed by atoms with Crippen molar-refractivity contribution in [1.82, 2.24) is 0 Å². The van der Waals surface area contributed by atoms with E-state index in [0.29, 0.717) is 19.3 Å². The molecular formula is C21H53O5P23. The van der Waals surface area contributed by atoms with E-state index in [9.17, 15) is 4.79 Å². The maximum Gasteiger partial charge on any atom is 0.317 e. The van der Waals surface area contributed by atoms with Gasteiger partial charge < -0.3 is 13.8 Å². The van der Waals surface area contributed by atoms with E-state index in [1.54, 1.807) is 0 Å². The lowest BCUT2D eigenvalue weighted by Gasteiger charge is -2.52. The molecule has 2 aliphatic carbocycles. The van der Waals surface area contributed by atoms with Crippen LogP contribution >= 0.6 is 186 Å². The zero-order chi connectivity index (χ0) is 37.3. The van der Waals surface area contributed by atoms with E-state index in [4.69, 9.17) is 13.8 Å². The number of esters is 1. The summed E-state index contributed by atoms with van der Waals surface area (Å²) in [4.78, 5) is 28.9. The summed E-state index contributed by atoms with van der Waals surface area (Å²) < 4.78 is 21.3. The number of hydrogen-bond acceptors (Lipinski definition) is 5. The third kappa shape index (κ3) is 12.5. The lowest BCUT2D eigenvalue weighted by Crippen LogP contribution is -2.54. The summed E-state index contributed by atoms with van der Waals surface area (Å²) in [6, 6.07) is 0. The Morgan fingerprint density at radius 3 is 1.92 bits per heavy atom. The molecule has 1 heterocycles. The van der Waals surface area contributed by atoms with Crippen LogP contribution in [0.2, 0.25) is 0 Å². The molecule has 1 saturated heterocycles. The summed E-state index contributed by atoms with van der Waals surface area (Å²) in [5, 5.41) is 0. The molecule has 2 bridgehead atoms. The van der Waals surface area contributed by atoms with Crippen LogP contribution < -0.4 is 0 Å². The summed E-state index contributed by atoms with van der Waals surface area (Å²) >= 11 is 0. The van der Waals surface area contributed by atoms with Gasteiger partial charge in [0, 0.05) is 32.3 Å². The maximum absolute atomic E-state index is 15.0. The minimum Gasteiger partial charge on any atom is -0.461 e. The van der Waals surface area contributed by atoms with E-state index in [-0.39, 0.29) is 70.9 Å². The van der Waals surface area contributed by atoms with Crippen molar-refractivity contribution in [2.45, 2.75) is 71.7 Å². The number of fused-ring (bicyclic) bond motifs is 3. The number of Topliss-reactive ketones (excluding diaryl/α,β-unsaturated/α-hetero) is 1. The molecule has 5 nitrogen and oxygen atoms in total. The van der Waals surface area contributed by atoms with Gasteiger partial charge in [-0.3, -0.25) is 9.59 Å². The molecule has 49 heavy (non-hydrogen) atoms. The van der Waals surface area contributed by atoms with Crippen LogP contribution in [0.3, 0.4) is 0 Å². The second-order valence-corrected chi connectivity index (χ2v) is 95.8. The van der Waals surface area contributed by atoms with Crippen LogP contribution in [0.15, 0.2) is 23.8 Å². The lowest BCUT2D eigenvalue weighted by atomic mass is 9.54. The van der Waals surface area contributed by atoms with Crippen LogP contribution in [0, 0.1) is 22.7 Å². The normalized spacial score (nSPS) is 31.6. The second-order valence-electron chi connectivity index (χ2n) is 12.5. The molecule has 0 N–H and O–H groups in total. The minimum atomic E-state index is -0.813. The van der Waals surface area contributed by atoms with Crippen LogP contribution in [0.5, 0.6) is 0 Å². The molecule has 23 atom stereocenters. The Labute approximate surface area is 336 Å². The lowest BCUT2D eigenvalue weighted by molar-refractivity contribution is -0.149. The fourth-order valence-corrected chi connectivity index (χ4v) is 169. The zero-order valence-corrected chi connectivity index (χ0v) is 51.7. The van der Waals surface area contributed by atoms with Crippen molar-refractivity contribution in [3.05, 3.63) is 23.8 Å². The number of ketones is 1. The quantitative estimate of drug-likeness (QED) is 0.0667. The van der Waals surface area contributed by atoms with Gasteiger partial charge in [-0.2, -0.15) is 0 Å².